The summed E-state index contributed by atoms with van der Waals surface area (Å²) in [6.07, 6.45) is 1.48. The van der Waals surface area contributed by atoms with Crippen LogP contribution in [-0.2, 0) is 16.8 Å². The molecule has 27 heavy (non-hydrogen) atoms. The number of rotatable bonds is 5. The molecule has 0 bridgehead atoms. The molecule has 9 nitrogen and oxygen atoms in total. The zero-order valence-corrected chi connectivity index (χ0v) is 15.1. The molecule has 1 amide bonds. The first-order chi connectivity index (χ1) is 12.7. The number of nitrogens with zero attached hydrogens (tertiary/aromatic N) is 4. The third kappa shape index (κ3) is 4.20. The lowest BCUT2D eigenvalue weighted by atomic mass is 9.96. The third-order valence-corrected chi connectivity index (χ3v) is 3.68. The minimum atomic E-state index is -1.02. The number of carbonyl (C=O) groups is 2. The van der Waals surface area contributed by atoms with Gasteiger partial charge in [0.1, 0.15) is 6.54 Å². The molecule has 3 aromatic rings. The smallest absolute Gasteiger partial charge is 0.325 e. The molecule has 0 radical (unpaired) electrons. The molecule has 2 N–H and O–H groups in total. The van der Waals surface area contributed by atoms with E-state index >= 15 is 0 Å². The molecule has 3 rings (SSSR count). The van der Waals surface area contributed by atoms with Crippen molar-refractivity contribution in [3.63, 3.8) is 0 Å². The van der Waals surface area contributed by atoms with Crippen molar-refractivity contribution in [2.24, 2.45) is 0 Å². The van der Waals surface area contributed by atoms with E-state index in [1.54, 1.807) is 24.3 Å². The van der Waals surface area contributed by atoms with Gasteiger partial charge in [0.2, 0.25) is 0 Å². The van der Waals surface area contributed by atoms with Crippen molar-refractivity contribution in [2.45, 2.75) is 32.7 Å². The van der Waals surface area contributed by atoms with E-state index in [4.69, 9.17) is 9.63 Å². The van der Waals surface area contributed by atoms with Gasteiger partial charge >= 0.3 is 5.97 Å². The summed E-state index contributed by atoms with van der Waals surface area (Å²) in [6, 6.07) is 8.38. The van der Waals surface area contributed by atoms with Crippen molar-refractivity contribution in [1.82, 2.24) is 19.9 Å². The standard InChI is InChI=1S/C18H19N5O4/c1-18(2,3)17-20-16(27-22-17)12-7-5-4-6-11(12)15(26)19-13-8-9-23(21-13)10-14(24)25/h4-9H,10H2,1-3H3,(H,24,25)(H,19,21,26). The zero-order valence-electron chi connectivity index (χ0n) is 15.1. The summed E-state index contributed by atoms with van der Waals surface area (Å²) in [5, 5.41) is 19.4. The number of hydrogen-bond donors (Lipinski definition) is 2. The van der Waals surface area contributed by atoms with Crippen LogP contribution in [0.25, 0.3) is 11.5 Å². The topological polar surface area (TPSA) is 123 Å². The Morgan fingerprint density at radius 1 is 1.22 bits per heavy atom. The highest BCUT2D eigenvalue weighted by molar-refractivity contribution is 6.07. The van der Waals surface area contributed by atoms with Gasteiger partial charge in [-0.15, -0.1) is 0 Å². The molecule has 2 heterocycles. The van der Waals surface area contributed by atoms with Crippen LogP contribution in [0.5, 0.6) is 0 Å². The van der Waals surface area contributed by atoms with Gasteiger partial charge in [-0.3, -0.25) is 14.3 Å². The number of amides is 1. The van der Waals surface area contributed by atoms with Gasteiger partial charge in [-0.1, -0.05) is 38.1 Å². The fourth-order valence-electron chi connectivity index (χ4n) is 2.34. The molecule has 2 aromatic heterocycles. The van der Waals surface area contributed by atoms with Crippen molar-refractivity contribution in [2.75, 3.05) is 5.32 Å². The van der Waals surface area contributed by atoms with Crippen molar-refractivity contribution in [3.8, 4) is 11.5 Å². The van der Waals surface area contributed by atoms with Crippen LogP contribution in [0.1, 0.15) is 37.0 Å². The molecular formula is C18H19N5O4. The molecule has 140 valence electrons. The number of hydrogen-bond acceptors (Lipinski definition) is 6. The van der Waals surface area contributed by atoms with Crippen molar-refractivity contribution >= 4 is 17.7 Å². The molecular weight excluding hydrogens is 350 g/mol. The van der Waals surface area contributed by atoms with Crippen LogP contribution in [0, 0.1) is 0 Å². The second-order valence-electron chi connectivity index (χ2n) is 6.97. The van der Waals surface area contributed by atoms with E-state index in [2.05, 4.69) is 20.6 Å². The van der Waals surface area contributed by atoms with Gasteiger partial charge in [-0.05, 0) is 12.1 Å². The van der Waals surface area contributed by atoms with Gasteiger partial charge in [-0.2, -0.15) is 10.1 Å². The Labute approximate surface area is 155 Å². The average molecular weight is 369 g/mol. The summed E-state index contributed by atoms with van der Waals surface area (Å²) in [6.45, 7) is 5.61. The molecule has 0 saturated carbocycles. The quantitative estimate of drug-likeness (QED) is 0.708. The number of aliphatic carboxylic acids is 1. The Hall–Kier alpha value is -3.49. The van der Waals surface area contributed by atoms with Crippen LogP contribution in [0.3, 0.4) is 0 Å². The lowest BCUT2D eigenvalue weighted by molar-refractivity contribution is -0.137. The molecule has 9 heteroatoms. The first kappa shape index (κ1) is 18.3. The van der Waals surface area contributed by atoms with Gasteiger partial charge in [0.15, 0.2) is 11.6 Å². The van der Waals surface area contributed by atoms with E-state index in [1.807, 2.05) is 20.8 Å². The SMILES string of the molecule is CC(C)(C)c1noc(-c2ccccc2C(=O)Nc2ccn(CC(=O)O)n2)n1. The summed E-state index contributed by atoms with van der Waals surface area (Å²) in [4.78, 5) is 27.8. The van der Waals surface area contributed by atoms with Gasteiger partial charge in [-0.25, -0.2) is 0 Å². The summed E-state index contributed by atoms with van der Waals surface area (Å²) in [5.41, 5.74) is 0.563. The van der Waals surface area contributed by atoms with E-state index in [0.717, 1.165) is 0 Å². The predicted molar refractivity (Wildman–Crippen MR) is 96.3 cm³/mol. The number of nitrogens with one attached hydrogen (secondary N) is 1. The van der Waals surface area contributed by atoms with Gasteiger partial charge in [0.25, 0.3) is 11.8 Å². The molecule has 0 aliphatic carbocycles. The van der Waals surface area contributed by atoms with E-state index < -0.39 is 11.9 Å². The van der Waals surface area contributed by atoms with Crippen LogP contribution >= 0.6 is 0 Å². The van der Waals surface area contributed by atoms with Gasteiger partial charge < -0.3 is 14.9 Å². The fraction of sp³-hybridized carbons (Fsp3) is 0.278. The Kier molecular flexibility index (Phi) is 4.76. The normalized spacial score (nSPS) is 11.4. The summed E-state index contributed by atoms with van der Waals surface area (Å²) < 4.78 is 6.56. The van der Waals surface area contributed by atoms with Crippen LogP contribution < -0.4 is 5.32 Å². The lowest BCUT2D eigenvalue weighted by Crippen LogP contribution is -2.15. The first-order valence-electron chi connectivity index (χ1n) is 8.24. The molecule has 0 saturated heterocycles. The van der Waals surface area contributed by atoms with Crippen LogP contribution in [0.15, 0.2) is 41.1 Å². The number of anilines is 1. The van der Waals surface area contributed by atoms with Crippen molar-refractivity contribution < 1.29 is 19.2 Å². The number of benzene rings is 1. The highest BCUT2D eigenvalue weighted by Crippen LogP contribution is 2.26. The largest absolute Gasteiger partial charge is 0.480 e. The maximum absolute atomic E-state index is 12.7. The fourth-order valence-corrected chi connectivity index (χ4v) is 2.34. The molecule has 0 aliphatic heterocycles. The zero-order chi connectivity index (χ0) is 19.6. The highest BCUT2D eigenvalue weighted by Gasteiger charge is 2.23. The molecule has 0 atom stereocenters. The number of aromatic nitrogens is 4. The van der Waals surface area contributed by atoms with E-state index in [0.29, 0.717) is 17.0 Å². The first-order valence-corrected chi connectivity index (χ1v) is 8.24. The monoisotopic (exact) mass is 369 g/mol. The number of carboxylic acids is 1. The Morgan fingerprint density at radius 2 is 1.96 bits per heavy atom. The molecule has 0 unspecified atom stereocenters. The van der Waals surface area contributed by atoms with Gasteiger partial charge in [0, 0.05) is 17.7 Å². The van der Waals surface area contributed by atoms with Crippen molar-refractivity contribution in [1.29, 1.82) is 0 Å². The second-order valence-corrected chi connectivity index (χ2v) is 6.97. The summed E-state index contributed by atoms with van der Waals surface area (Å²) in [5.74, 6) is -0.395. The molecule has 0 spiro atoms. The Balaban J connectivity index is 1.85. The summed E-state index contributed by atoms with van der Waals surface area (Å²) >= 11 is 0. The van der Waals surface area contributed by atoms with Gasteiger partial charge in [0.05, 0.1) is 11.1 Å². The third-order valence-electron chi connectivity index (χ3n) is 3.68. The Morgan fingerprint density at radius 3 is 2.63 bits per heavy atom. The van der Waals surface area contributed by atoms with Crippen LogP contribution in [-0.4, -0.2) is 36.9 Å². The van der Waals surface area contributed by atoms with E-state index in [-0.39, 0.29) is 23.7 Å². The number of carboxylic acid groups (broad SMARTS) is 1. The minimum Gasteiger partial charge on any atom is -0.480 e. The van der Waals surface area contributed by atoms with E-state index in [9.17, 15) is 9.59 Å². The average Bonchev–Trinajstić information content (AvgIpc) is 3.23. The molecule has 0 fully saturated rings. The van der Waals surface area contributed by atoms with Crippen LogP contribution in [0.4, 0.5) is 5.82 Å². The highest BCUT2D eigenvalue weighted by atomic mass is 16.5. The molecule has 1 aromatic carbocycles. The molecule has 0 aliphatic rings. The maximum Gasteiger partial charge on any atom is 0.325 e. The van der Waals surface area contributed by atoms with E-state index in [1.165, 1.54) is 16.9 Å². The second kappa shape index (κ2) is 7.02. The minimum absolute atomic E-state index is 0.247. The Bertz CT molecular complexity index is 984. The summed E-state index contributed by atoms with van der Waals surface area (Å²) in [7, 11) is 0. The maximum atomic E-state index is 12.7. The van der Waals surface area contributed by atoms with Crippen molar-refractivity contribution in [3.05, 3.63) is 47.9 Å². The number of carbonyl (C=O) groups excluding carboxylic acids is 1. The lowest BCUT2D eigenvalue weighted by Gasteiger charge is -2.11. The van der Waals surface area contributed by atoms with Crippen LogP contribution in [0.2, 0.25) is 0 Å². The predicted octanol–water partition coefficient (Wildman–Crippen LogP) is 2.57.